The van der Waals surface area contributed by atoms with E-state index in [1.165, 1.54) is 5.57 Å². The summed E-state index contributed by atoms with van der Waals surface area (Å²) in [6.45, 7) is 8.07. The molecular weight excluding hydrogens is 186 g/mol. The van der Waals surface area contributed by atoms with Gasteiger partial charge in [0.05, 0.1) is 5.69 Å². The number of rotatable bonds is 5. The number of nitrogens with zero attached hydrogens (tertiary/aromatic N) is 2. The van der Waals surface area contributed by atoms with Gasteiger partial charge in [0.25, 0.3) is 0 Å². The van der Waals surface area contributed by atoms with Crippen LogP contribution in [0.1, 0.15) is 32.9 Å². The molecule has 0 unspecified atom stereocenters. The van der Waals surface area contributed by atoms with Gasteiger partial charge < -0.3 is 5.73 Å². The molecule has 0 saturated heterocycles. The highest BCUT2D eigenvalue weighted by Gasteiger charge is 2.04. The van der Waals surface area contributed by atoms with Gasteiger partial charge in [0, 0.05) is 19.3 Å². The van der Waals surface area contributed by atoms with Gasteiger partial charge >= 0.3 is 0 Å². The highest BCUT2D eigenvalue weighted by atomic mass is 15.3. The molecule has 84 valence electrons. The summed E-state index contributed by atoms with van der Waals surface area (Å²) < 4.78 is 2.03. The zero-order valence-corrected chi connectivity index (χ0v) is 9.90. The molecule has 0 aliphatic rings. The molecule has 1 rings (SSSR count). The predicted octanol–water partition coefficient (Wildman–Crippen LogP) is 2.29. The lowest BCUT2D eigenvalue weighted by Crippen LogP contribution is -2.09. The van der Waals surface area contributed by atoms with E-state index in [-0.39, 0.29) is 0 Å². The summed E-state index contributed by atoms with van der Waals surface area (Å²) in [5, 5.41) is 4.28. The molecule has 0 amide bonds. The molecule has 0 aromatic carbocycles. The molecular formula is C12H21N3. The molecule has 0 atom stereocenters. The van der Waals surface area contributed by atoms with Gasteiger partial charge in [-0.05, 0) is 24.5 Å². The van der Waals surface area contributed by atoms with Crippen molar-refractivity contribution >= 4 is 6.08 Å². The Hall–Kier alpha value is -1.09. The van der Waals surface area contributed by atoms with Crippen LogP contribution in [0, 0.1) is 5.92 Å². The topological polar surface area (TPSA) is 43.8 Å². The minimum atomic E-state index is 0.500. The minimum Gasteiger partial charge on any atom is -0.327 e. The van der Waals surface area contributed by atoms with Crippen LogP contribution in [0.15, 0.2) is 17.8 Å². The molecule has 15 heavy (non-hydrogen) atoms. The fourth-order valence-corrected chi connectivity index (χ4v) is 1.52. The first-order valence-corrected chi connectivity index (χ1v) is 5.61. The van der Waals surface area contributed by atoms with Gasteiger partial charge in [-0.15, -0.1) is 0 Å². The zero-order valence-electron chi connectivity index (χ0n) is 9.90. The maximum Gasteiger partial charge on any atom is 0.0609 e. The van der Waals surface area contributed by atoms with Gasteiger partial charge in [0.1, 0.15) is 0 Å². The molecule has 1 heterocycles. The van der Waals surface area contributed by atoms with Crippen molar-refractivity contribution < 1.29 is 0 Å². The van der Waals surface area contributed by atoms with Gasteiger partial charge in [-0.25, -0.2) is 0 Å². The van der Waals surface area contributed by atoms with E-state index in [4.69, 9.17) is 5.73 Å². The monoisotopic (exact) mass is 207 g/mol. The average molecular weight is 207 g/mol. The van der Waals surface area contributed by atoms with Gasteiger partial charge in [0.15, 0.2) is 0 Å². The molecule has 0 spiro atoms. The first kappa shape index (κ1) is 12.0. The molecule has 0 aliphatic heterocycles. The molecule has 1 aromatic heterocycles. The van der Waals surface area contributed by atoms with E-state index in [2.05, 4.69) is 31.9 Å². The standard InChI is InChI=1S/C12H21N3/c1-4-7-15-12(5-6-14-15)8-11(9-13)10(2)3/h5-6,8,10H,4,7,9,13H2,1-3H3/b11-8-. The van der Waals surface area contributed by atoms with Crippen molar-refractivity contribution in [1.82, 2.24) is 9.78 Å². The Kier molecular flexibility index (Phi) is 4.56. The Labute approximate surface area is 92.0 Å². The molecule has 2 N–H and O–H groups in total. The van der Waals surface area contributed by atoms with Crippen molar-refractivity contribution in [3.05, 3.63) is 23.5 Å². The molecule has 1 aromatic rings. The summed E-state index contributed by atoms with van der Waals surface area (Å²) in [7, 11) is 0. The number of aryl methyl sites for hydroxylation is 1. The Morgan fingerprint density at radius 2 is 2.33 bits per heavy atom. The second-order valence-electron chi connectivity index (χ2n) is 4.06. The smallest absolute Gasteiger partial charge is 0.0609 e. The summed E-state index contributed by atoms with van der Waals surface area (Å²) in [5.41, 5.74) is 8.15. The zero-order chi connectivity index (χ0) is 11.3. The summed E-state index contributed by atoms with van der Waals surface area (Å²) in [4.78, 5) is 0. The highest BCUT2D eigenvalue weighted by Crippen LogP contribution is 2.13. The normalized spacial score (nSPS) is 12.5. The summed E-state index contributed by atoms with van der Waals surface area (Å²) in [6.07, 6.45) is 5.10. The van der Waals surface area contributed by atoms with Crippen molar-refractivity contribution in [2.75, 3.05) is 6.54 Å². The van der Waals surface area contributed by atoms with Crippen LogP contribution in [0.4, 0.5) is 0 Å². The van der Waals surface area contributed by atoms with E-state index < -0.39 is 0 Å². The Morgan fingerprint density at radius 1 is 1.60 bits per heavy atom. The second kappa shape index (κ2) is 5.71. The fourth-order valence-electron chi connectivity index (χ4n) is 1.52. The van der Waals surface area contributed by atoms with Crippen LogP contribution < -0.4 is 5.73 Å². The maximum atomic E-state index is 5.72. The second-order valence-corrected chi connectivity index (χ2v) is 4.06. The molecule has 0 aliphatic carbocycles. The Morgan fingerprint density at radius 3 is 2.87 bits per heavy atom. The minimum absolute atomic E-state index is 0.500. The van der Waals surface area contributed by atoms with E-state index >= 15 is 0 Å². The van der Waals surface area contributed by atoms with Crippen LogP contribution in [0.5, 0.6) is 0 Å². The lowest BCUT2D eigenvalue weighted by atomic mass is 10.0. The Balaban J connectivity index is 2.90. The van der Waals surface area contributed by atoms with Gasteiger partial charge in [-0.1, -0.05) is 26.3 Å². The van der Waals surface area contributed by atoms with Crippen LogP contribution in [0.25, 0.3) is 6.08 Å². The van der Waals surface area contributed by atoms with Crippen molar-refractivity contribution in [1.29, 1.82) is 0 Å². The van der Waals surface area contributed by atoms with Crippen molar-refractivity contribution in [2.45, 2.75) is 33.7 Å². The molecule has 3 nitrogen and oxygen atoms in total. The van der Waals surface area contributed by atoms with Crippen LogP contribution >= 0.6 is 0 Å². The van der Waals surface area contributed by atoms with Crippen LogP contribution in [0.3, 0.4) is 0 Å². The third kappa shape index (κ3) is 3.20. The van der Waals surface area contributed by atoms with Crippen LogP contribution in [-0.2, 0) is 6.54 Å². The lowest BCUT2D eigenvalue weighted by Gasteiger charge is -2.09. The third-order valence-electron chi connectivity index (χ3n) is 2.50. The van der Waals surface area contributed by atoms with Crippen molar-refractivity contribution in [3.8, 4) is 0 Å². The lowest BCUT2D eigenvalue weighted by molar-refractivity contribution is 0.597. The Bertz CT molecular complexity index is 323. The van der Waals surface area contributed by atoms with Crippen LogP contribution in [0.2, 0.25) is 0 Å². The number of nitrogens with two attached hydrogens (primary N) is 1. The van der Waals surface area contributed by atoms with E-state index in [0.717, 1.165) is 18.7 Å². The van der Waals surface area contributed by atoms with E-state index in [1.54, 1.807) is 0 Å². The number of hydrogen-bond acceptors (Lipinski definition) is 2. The van der Waals surface area contributed by atoms with Gasteiger partial charge in [-0.2, -0.15) is 5.10 Å². The summed E-state index contributed by atoms with van der Waals surface area (Å²) >= 11 is 0. The summed E-state index contributed by atoms with van der Waals surface area (Å²) in [6, 6.07) is 2.04. The molecule has 0 fully saturated rings. The quantitative estimate of drug-likeness (QED) is 0.805. The van der Waals surface area contributed by atoms with Gasteiger partial charge in [0.2, 0.25) is 0 Å². The largest absolute Gasteiger partial charge is 0.327 e. The van der Waals surface area contributed by atoms with Crippen molar-refractivity contribution in [3.63, 3.8) is 0 Å². The summed E-state index contributed by atoms with van der Waals surface area (Å²) in [5.74, 6) is 0.500. The highest BCUT2D eigenvalue weighted by molar-refractivity contribution is 5.49. The predicted molar refractivity (Wildman–Crippen MR) is 64.4 cm³/mol. The van der Waals surface area contributed by atoms with Gasteiger partial charge in [-0.3, -0.25) is 4.68 Å². The van der Waals surface area contributed by atoms with E-state index in [9.17, 15) is 0 Å². The fraction of sp³-hybridized carbons (Fsp3) is 0.583. The van der Waals surface area contributed by atoms with Crippen LogP contribution in [-0.4, -0.2) is 16.3 Å². The molecule has 0 bridgehead atoms. The number of hydrogen-bond donors (Lipinski definition) is 1. The third-order valence-corrected chi connectivity index (χ3v) is 2.50. The first-order chi connectivity index (χ1) is 7.19. The van der Waals surface area contributed by atoms with Crippen molar-refractivity contribution in [2.24, 2.45) is 11.7 Å². The first-order valence-electron chi connectivity index (χ1n) is 5.61. The number of aromatic nitrogens is 2. The maximum absolute atomic E-state index is 5.72. The SMILES string of the molecule is CCCn1nccc1/C=C(/CN)C(C)C. The van der Waals surface area contributed by atoms with E-state index in [0.29, 0.717) is 12.5 Å². The molecule has 0 radical (unpaired) electrons. The average Bonchev–Trinajstić information content (AvgIpc) is 2.62. The molecule has 3 heteroatoms. The van der Waals surface area contributed by atoms with E-state index in [1.807, 2.05) is 16.9 Å². The molecule has 0 saturated carbocycles.